The first-order valence-electron chi connectivity index (χ1n) is 8.33. The molecule has 1 aromatic carbocycles. The maximum absolute atomic E-state index is 13.1. The molecule has 3 N–H and O–H groups in total. The minimum Gasteiger partial charge on any atom is -0.450 e. The zero-order chi connectivity index (χ0) is 19.8. The number of nitrogens with one attached hydrogen (secondary N) is 1. The van der Waals surface area contributed by atoms with Crippen molar-refractivity contribution in [3.8, 4) is 0 Å². The van der Waals surface area contributed by atoms with E-state index in [1.165, 1.54) is 29.2 Å². The van der Waals surface area contributed by atoms with E-state index < -0.39 is 12.2 Å². The number of carbonyl (C=O) groups is 2. The highest BCUT2D eigenvalue weighted by Gasteiger charge is 2.20. The minimum absolute atomic E-state index is 0.00829. The van der Waals surface area contributed by atoms with Crippen LogP contribution in [-0.2, 0) is 16.0 Å². The molecule has 2 rings (SSSR count). The summed E-state index contributed by atoms with van der Waals surface area (Å²) in [5, 5.41) is 2.46. The molecule has 9 heteroatoms. The monoisotopic (exact) mass is 376 g/mol. The van der Waals surface area contributed by atoms with Gasteiger partial charge in [-0.15, -0.1) is 0 Å². The van der Waals surface area contributed by atoms with Crippen LogP contribution < -0.4 is 16.0 Å². The van der Waals surface area contributed by atoms with Crippen molar-refractivity contribution in [2.45, 2.75) is 20.4 Å². The molecule has 0 bridgehead atoms. The smallest absolute Gasteiger partial charge is 0.415 e. The van der Waals surface area contributed by atoms with Crippen LogP contribution in [0.3, 0.4) is 0 Å². The number of benzene rings is 1. The van der Waals surface area contributed by atoms with Gasteiger partial charge in [-0.05, 0) is 43.7 Å². The number of nitrogens with zero attached hydrogens (tertiary/aromatic N) is 2. The van der Waals surface area contributed by atoms with Crippen molar-refractivity contribution in [2.75, 3.05) is 29.2 Å². The van der Waals surface area contributed by atoms with E-state index in [0.29, 0.717) is 5.56 Å². The van der Waals surface area contributed by atoms with Gasteiger partial charge in [0, 0.05) is 0 Å². The molecule has 2 aromatic rings. The quantitative estimate of drug-likeness (QED) is 0.799. The molecular formula is C18H21FN4O4. The average Bonchev–Trinajstić information content (AvgIpc) is 2.63. The van der Waals surface area contributed by atoms with Crippen LogP contribution in [0.25, 0.3) is 0 Å². The van der Waals surface area contributed by atoms with E-state index in [1.807, 2.05) is 0 Å². The third kappa shape index (κ3) is 5.56. The number of amides is 2. The Balaban J connectivity index is 2.26. The van der Waals surface area contributed by atoms with Gasteiger partial charge < -0.3 is 15.2 Å². The van der Waals surface area contributed by atoms with Crippen molar-refractivity contribution >= 4 is 29.5 Å². The Morgan fingerprint density at radius 3 is 2.37 bits per heavy atom. The van der Waals surface area contributed by atoms with Gasteiger partial charge in [0.25, 0.3) is 0 Å². The Bertz CT molecular complexity index is 798. The number of anilines is 3. The molecule has 0 aliphatic rings. The van der Waals surface area contributed by atoms with E-state index >= 15 is 0 Å². The van der Waals surface area contributed by atoms with Crippen LogP contribution >= 0.6 is 0 Å². The minimum atomic E-state index is -0.660. The molecule has 27 heavy (non-hydrogen) atoms. The first-order valence-corrected chi connectivity index (χ1v) is 8.33. The van der Waals surface area contributed by atoms with Crippen LogP contribution in [0.4, 0.5) is 31.3 Å². The summed E-state index contributed by atoms with van der Waals surface area (Å²) in [4.78, 5) is 29.3. The fourth-order valence-corrected chi connectivity index (χ4v) is 2.21. The highest BCUT2D eigenvalue weighted by atomic mass is 19.1. The molecule has 0 spiro atoms. The molecule has 0 saturated carbocycles. The van der Waals surface area contributed by atoms with Crippen molar-refractivity contribution < 1.29 is 23.5 Å². The Morgan fingerprint density at radius 2 is 1.78 bits per heavy atom. The predicted molar refractivity (Wildman–Crippen MR) is 98.9 cm³/mol. The van der Waals surface area contributed by atoms with Gasteiger partial charge in [0.1, 0.15) is 17.5 Å². The zero-order valence-corrected chi connectivity index (χ0v) is 15.1. The lowest BCUT2D eigenvalue weighted by Gasteiger charge is -2.22. The van der Waals surface area contributed by atoms with Crippen LogP contribution in [0.1, 0.15) is 19.4 Å². The summed E-state index contributed by atoms with van der Waals surface area (Å²) in [6, 6.07) is 8.73. The summed E-state index contributed by atoms with van der Waals surface area (Å²) in [6.45, 7) is 3.86. The van der Waals surface area contributed by atoms with Crippen molar-refractivity contribution in [1.29, 1.82) is 0 Å². The molecule has 0 atom stereocenters. The summed E-state index contributed by atoms with van der Waals surface area (Å²) in [7, 11) is 0. The molecule has 0 aliphatic carbocycles. The molecule has 0 fully saturated rings. The van der Waals surface area contributed by atoms with Gasteiger partial charge in [0.15, 0.2) is 0 Å². The van der Waals surface area contributed by atoms with Crippen LogP contribution in [-0.4, -0.2) is 30.4 Å². The first kappa shape index (κ1) is 20.0. The SMILES string of the molecule is CCOC(=O)Nc1ccc(N(Cc2ccc(F)cc2)C(=O)OCC)nc1N. The standard InChI is InChI=1S/C18H21FN4O4/c1-3-26-17(24)21-14-9-10-15(22-16(14)20)23(18(25)27-4-2)11-12-5-7-13(19)8-6-12/h5-10H,3-4,11H2,1-2H3,(H2,20,22)(H,21,24). The maximum atomic E-state index is 13.1. The topological polar surface area (TPSA) is 107 Å². The summed E-state index contributed by atoms with van der Waals surface area (Å²) in [5.74, 6) is -0.142. The van der Waals surface area contributed by atoms with Crippen LogP contribution in [0.2, 0.25) is 0 Å². The third-order valence-electron chi connectivity index (χ3n) is 3.44. The average molecular weight is 376 g/mol. The number of nitrogen functional groups attached to an aromatic ring is 1. The van der Waals surface area contributed by atoms with E-state index in [0.717, 1.165) is 0 Å². The molecule has 8 nitrogen and oxygen atoms in total. The third-order valence-corrected chi connectivity index (χ3v) is 3.44. The number of halogens is 1. The second kappa shape index (κ2) is 9.37. The molecular weight excluding hydrogens is 355 g/mol. The van der Waals surface area contributed by atoms with Gasteiger partial charge in [-0.1, -0.05) is 12.1 Å². The fourth-order valence-electron chi connectivity index (χ4n) is 2.21. The first-order chi connectivity index (χ1) is 12.9. The lowest BCUT2D eigenvalue weighted by Crippen LogP contribution is -2.32. The predicted octanol–water partition coefficient (Wildman–Crippen LogP) is 3.53. The largest absolute Gasteiger partial charge is 0.450 e. The van der Waals surface area contributed by atoms with Crippen molar-refractivity contribution in [1.82, 2.24) is 4.98 Å². The summed E-state index contributed by atoms with van der Waals surface area (Å²) in [6.07, 6.45) is -1.29. The number of carbonyl (C=O) groups excluding carboxylic acids is 2. The number of hydrogen-bond acceptors (Lipinski definition) is 6. The zero-order valence-electron chi connectivity index (χ0n) is 15.1. The summed E-state index contributed by atoms with van der Waals surface area (Å²) in [5.41, 5.74) is 6.81. The number of rotatable bonds is 6. The molecule has 0 aliphatic heterocycles. The maximum Gasteiger partial charge on any atom is 0.415 e. The van der Waals surface area contributed by atoms with E-state index in [1.54, 1.807) is 26.0 Å². The van der Waals surface area contributed by atoms with Crippen molar-refractivity contribution in [3.05, 3.63) is 47.8 Å². The Labute approximate surface area is 156 Å². The fraction of sp³-hybridized carbons (Fsp3) is 0.278. The Hall–Kier alpha value is -3.36. The van der Waals surface area contributed by atoms with Gasteiger partial charge >= 0.3 is 12.2 Å². The molecule has 1 aromatic heterocycles. The highest BCUT2D eigenvalue weighted by molar-refractivity contribution is 5.90. The summed E-state index contributed by atoms with van der Waals surface area (Å²) >= 11 is 0. The molecule has 0 radical (unpaired) electrons. The van der Waals surface area contributed by atoms with Crippen LogP contribution in [0, 0.1) is 5.82 Å². The van der Waals surface area contributed by atoms with Gasteiger partial charge in [-0.25, -0.2) is 19.0 Å². The van der Waals surface area contributed by atoms with Gasteiger partial charge in [-0.2, -0.15) is 0 Å². The van der Waals surface area contributed by atoms with E-state index in [-0.39, 0.29) is 42.9 Å². The molecule has 2 amide bonds. The van der Waals surface area contributed by atoms with Crippen molar-refractivity contribution in [2.24, 2.45) is 0 Å². The Kier molecular flexibility index (Phi) is 6.93. The normalized spacial score (nSPS) is 10.2. The van der Waals surface area contributed by atoms with Crippen LogP contribution in [0.5, 0.6) is 0 Å². The lowest BCUT2D eigenvalue weighted by molar-refractivity contribution is 0.159. The molecule has 1 heterocycles. The number of hydrogen-bond donors (Lipinski definition) is 2. The Morgan fingerprint density at radius 1 is 1.11 bits per heavy atom. The van der Waals surface area contributed by atoms with Gasteiger partial charge in [-0.3, -0.25) is 10.2 Å². The summed E-state index contributed by atoms with van der Waals surface area (Å²) < 4.78 is 23.0. The van der Waals surface area contributed by atoms with E-state index in [9.17, 15) is 14.0 Å². The number of ether oxygens (including phenoxy) is 2. The van der Waals surface area contributed by atoms with E-state index in [2.05, 4.69) is 10.3 Å². The van der Waals surface area contributed by atoms with Crippen molar-refractivity contribution in [3.63, 3.8) is 0 Å². The second-order valence-electron chi connectivity index (χ2n) is 5.36. The van der Waals surface area contributed by atoms with Gasteiger partial charge in [0.05, 0.1) is 25.4 Å². The van der Waals surface area contributed by atoms with E-state index in [4.69, 9.17) is 15.2 Å². The molecule has 0 saturated heterocycles. The number of nitrogens with two attached hydrogens (primary N) is 1. The lowest BCUT2D eigenvalue weighted by atomic mass is 10.2. The van der Waals surface area contributed by atoms with Crippen LogP contribution in [0.15, 0.2) is 36.4 Å². The number of aromatic nitrogens is 1. The van der Waals surface area contributed by atoms with Gasteiger partial charge in [0.2, 0.25) is 0 Å². The molecule has 144 valence electrons. The second-order valence-corrected chi connectivity index (χ2v) is 5.36. The highest BCUT2D eigenvalue weighted by Crippen LogP contribution is 2.23. The number of pyridine rings is 1. The molecule has 0 unspecified atom stereocenters.